The van der Waals surface area contributed by atoms with Crippen LogP contribution in [0.1, 0.15) is 13.3 Å². The smallest absolute Gasteiger partial charge is 0.252 e. The Kier molecular flexibility index (Phi) is 4.50. The predicted octanol–water partition coefficient (Wildman–Crippen LogP) is 1.64. The van der Waals surface area contributed by atoms with Crippen molar-refractivity contribution in [2.75, 3.05) is 26.2 Å². The molecule has 1 amide bonds. The summed E-state index contributed by atoms with van der Waals surface area (Å²) in [5.74, 6) is -0.0154. The molecule has 1 aromatic heterocycles. The minimum atomic E-state index is -3.48. The van der Waals surface area contributed by atoms with Crippen LogP contribution in [0.15, 0.2) is 16.3 Å². The lowest BCUT2D eigenvalue weighted by molar-refractivity contribution is -0.128. The maximum atomic E-state index is 12.4. The third-order valence-electron chi connectivity index (χ3n) is 3.04. The van der Waals surface area contributed by atoms with Crippen molar-refractivity contribution in [3.63, 3.8) is 0 Å². The first-order valence-corrected chi connectivity index (χ1v) is 8.56. The fraction of sp³-hybridized carbons (Fsp3) is 0.545. The summed E-state index contributed by atoms with van der Waals surface area (Å²) in [6, 6.07) is 3.11. The van der Waals surface area contributed by atoms with E-state index in [-0.39, 0.29) is 10.1 Å². The predicted molar refractivity (Wildman–Crippen MR) is 75.0 cm³/mol. The van der Waals surface area contributed by atoms with E-state index in [1.807, 2.05) is 0 Å². The highest BCUT2D eigenvalue weighted by Crippen LogP contribution is 2.28. The molecule has 19 heavy (non-hydrogen) atoms. The summed E-state index contributed by atoms with van der Waals surface area (Å²) >= 11 is 6.84. The molecule has 1 aromatic rings. The second-order valence-electron chi connectivity index (χ2n) is 4.32. The fourth-order valence-corrected chi connectivity index (χ4v) is 5.12. The van der Waals surface area contributed by atoms with Gasteiger partial charge in [0.2, 0.25) is 5.91 Å². The second kappa shape index (κ2) is 5.78. The molecule has 1 aliphatic heterocycles. The maximum Gasteiger partial charge on any atom is 0.252 e. The lowest BCUT2D eigenvalue weighted by Gasteiger charge is -2.20. The van der Waals surface area contributed by atoms with E-state index in [2.05, 4.69) is 0 Å². The maximum absolute atomic E-state index is 12.4. The Bertz CT molecular complexity index is 570. The van der Waals surface area contributed by atoms with Crippen molar-refractivity contribution in [2.45, 2.75) is 17.6 Å². The molecule has 0 spiro atoms. The van der Waals surface area contributed by atoms with E-state index in [1.54, 1.807) is 11.0 Å². The number of carbonyl (C=O) groups excluding carboxylic acids is 1. The highest BCUT2D eigenvalue weighted by atomic mass is 35.5. The van der Waals surface area contributed by atoms with Crippen LogP contribution in [-0.2, 0) is 14.8 Å². The van der Waals surface area contributed by atoms with Gasteiger partial charge in [-0.2, -0.15) is 4.31 Å². The first kappa shape index (κ1) is 14.8. The van der Waals surface area contributed by atoms with E-state index >= 15 is 0 Å². The molecule has 2 heterocycles. The van der Waals surface area contributed by atoms with Crippen LogP contribution < -0.4 is 0 Å². The van der Waals surface area contributed by atoms with Crippen LogP contribution in [0, 0.1) is 0 Å². The number of halogens is 1. The molecule has 1 fully saturated rings. The van der Waals surface area contributed by atoms with Gasteiger partial charge in [0.15, 0.2) is 0 Å². The van der Waals surface area contributed by atoms with Gasteiger partial charge in [-0.25, -0.2) is 8.42 Å². The summed E-state index contributed by atoms with van der Waals surface area (Å²) in [6.45, 7) is 3.31. The van der Waals surface area contributed by atoms with Gasteiger partial charge < -0.3 is 4.90 Å². The van der Waals surface area contributed by atoms with E-state index in [1.165, 1.54) is 17.3 Å². The number of hydrogen-bond acceptors (Lipinski definition) is 4. The molecular formula is C11H15ClN2O3S2. The molecule has 2 rings (SSSR count). The molecule has 8 heteroatoms. The molecule has 1 aliphatic rings. The van der Waals surface area contributed by atoms with E-state index in [0.717, 1.165) is 11.3 Å². The van der Waals surface area contributed by atoms with Crippen molar-refractivity contribution in [3.05, 3.63) is 16.5 Å². The number of sulfonamides is 1. The zero-order valence-corrected chi connectivity index (χ0v) is 12.9. The summed E-state index contributed by atoms with van der Waals surface area (Å²) in [4.78, 5) is 13.0. The van der Waals surface area contributed by atoms with Crippen LogP contribution >= 0.6 is 22.9 Å². The Morgan fingerprint density at radius 1 is 1.26 bits per heavy atom. The quantitative estimate of drug-likeness (QED) is 0.832. The summed E-state index contributed by atoms with van der Waals surface area (Å²) in [5, 5.41) is 0. The van der Waals surface area contributed by atoms with Gasteiger partial charge in [0.05, 0.1) is 4.34 Å². The van der Waals surface area contributed by atoms with Crippen LogP contribution in [-0.4, -0.2) is 49.7 Å². The number of amides is 1. The summed E-state index contributed by atoms with van der Waals surface area (Å²) in [6.07, 6.45) is 0.651. The van der Waals surface area contributed by atoms with E-state index in [0.29, 0.717) is 36.9 Å². The van der Waals surface area contributed by atoms with Crippen LogP contribution in [0.25, 0.3) is 0 Å². The van der Waals surface area contributed by atoms with Gasteiger partial charge in [0.1, 0.15) is 4.21 Å². The van der Waals surface area contributed by atoms with Gasteiger partial charge >= 0.3 is 0 Å². The van der Waals surface area contributed by atoms with Crippen LogP contribution in [0.4, 0.5) is 0 Å². The molecule has 0 N–H and O–H groups in total. The fourth-order valence-electron chi connectivity index (χ4n) is 2.01. The normalized spacial score (nSPS) is 18.3. The molecule has 0 aromatic carbocycles. The zero-order chi connectivity index (χ0) is 14.0. The number of thiophene rings is 1. The lowest BCUT2D eigenvalue weighted by atomic mass is 10.4. The van der Waals surface area contributed by atoms with Crippen molar-refractivity contribution in [2.24, 2.45) is 0 Å². The lowest BCUT2D eigenvalue weighted by Crippen LogP contribution is -2.36. The van der Waals surface area contributed by atoms with Gasteiger partial charge in [-0.3, -0.25) is 4.79 Å². The monoisotopic (exact) mass is 322 g/mol. The van der Waals surface area contributed by atoms with Crippen molar-refractivity contribution in [3.8, 4) is 0 Å². The minimum absolute atomic E-state index is 0.0154. The third-order valence-corrected chi connectivity index (χ3v) is 6.64. The van der Waals surface area contributed by atoms with Crippen molar-refractivity contribution >= 4 is 38.9 Å². The second-order valence-corrected chi connectivity index (χ2v) is 8.20. The third kappa shape index (κ3) is 3.28. The Morgan fingerprint density at radius 3 is 2.58 bits per heavy atom. The number of nitrogens with zero attached hydrogens (tertiary/aromatic N) is 2. The standard InChI is InChI=1S/C11H15ClN2O3S2/c1-9(15)13-5-2-6-14(8-7-13)19(16,17)11-4-3-10(12)18-11/h3-4H,2,5-8H2,1H3. The van der Waals surface area contributed by atoms with Gasteiger partial charge in [-0.1, -0.05) is 11.6 Å². The van der Waals surface area contributed by atoms with E-state index in [9.17, 15) is 13.2 Å². The molecule has 106 valence electrons. The molecular weight excluding hydrogens is 308 g/mol. The average molecular weight is 323 g/mol. The summed E-state index contributed by atoms with van der Waals surface area (Å²) < 4.78 is 27.0. The zero-order valence-electron chi connectivity index (χ0n) is 10.5. The minimum Gasteiger partial charge on any atom is -0.342 e. The van der Waals surface area contributed by atoms with Gasteiger partial charge in [-0.05, 0) is 18.6 Å². The number of rotatable bonds is 2. The highest BCUT2D eigenvalue weighted by Gasteiger charge is 2.28. The van der Waals surface area contributed by atoms with Crippen LogP contribution in [0.3, 0.4) is 0 Å². The topological polar surface area (TPSA) is 57.7 Å². The Labute approximate surface area is 121 Å². The van der Waals surface area contributed by atoms with Crippen molar-refractivity contribution in [1.82, 2.24) is 9.21 Å². The van der Waals surface area contributed by atoms with Gasteiger partial charge in [0.25, 0.3) is 10.0 Å². The molecule has 0 radical (unpaired) electrons. The molecule has 1 saturated heterocycles. The molecule has 5 nitrogen and oxygen atoms in total. The van der Waals surface area contributed by atoms with Crippen LogP contribution in [0.5, 0.6) is 0 Å². The first-order valence-electron chi connectivity index (χ1n) is 5.92. The van der Waals surface area contributed by atoms with Crippen molar-refractivity contribution in [1.29, 1.82) is 0 Å². The molecule has 0 aliphatic carbocycles. The molecule has 0 bridgehead atoms. The largest absolute Gasteiger partial charge is 0.342 e. The number of hydrogen-bond donors (Lipinski definition) is 0. The number of carbonyl (C=O) groups is 1. The van der Waals surface area contributed by atoms with Gasteiger partial charge in [-0.15, -0.1) is 11.3 Å². The highest BCUT2D eigenvalue weighted by molar-refractivity contribution is 7.91. The van der Waals surface area contributed by atoms with Gasteiger partial charge in [0, 0.05) is 33.1 Å². The van der Waals surface area contributed by atoms with E-state index < -0.39 is 10.0 Å². The summed E-state index contributed by atoms with van der Waals surface area (Å²) in [5.41, 5.74) is 0. The average Bonchev–Trinajstić information content (AvgIpc) is 2.65. The van der Waals surface area contributed by atoms with Crippen molar-refractivity contribution < 1.29 is 13.2 Å². The first-order chi connectivity index (χ1) is 8.91. The summed E-state index contributed by atoms with van der Waals surface area (Å²) in [7, 11) is -3.48. The van der Waals surface area contributed by atoms with E-state index in [4.69, 9.17) is 11.6 Å². The Hall–Kier alpha value is -0.630. The SMILES string of the molecule is CC(=O)N1CCCN(S(=O)(=O)c2ccc(Cl)s2)CC1. The van der Waals surface area contributed by atoms with Crippen LogP contribution in [0.2, 0.25) is 4.34 Å². The molecule has 0 saturated carbocycles. The Balaban J connectivity index is 2.16. The Morgan fingerprint density at radius 2 is 2.00 bits per heavy atom. The molecule has 0 unspecified atom stereocenters. The molecule has 0 atom stereocenters.